The van der Waals surface area contributed by atoms with Gasteiger partial charge in [0.15, 0.2) is 5.11 Å². The number of hydrogen-bond acceptors (Lipinski definition) is 3. The summed E-state index contributed by atoms with van der Waals surface area (Å²) in [4.78, 5) is 12.1. The summed E-state index contributed by atoms with van der Waals surface area (Å²) in [5.41, 5.74) is 5.96. The van der Waals surface area contributed by atoms with E-state index in [0.717, 1.165) is 12.2 Å². The Bertz CT molecular complexity index is 560. The second kappa shape index (κ2) is 8.87. The second-order valence-electron chi connectivity index (χ2n) is 6.61. The molecular weight excluding hydrogens is 322 g/mol. The van der Waals surface area contributed by atoms with Crippen LogP contribution in [0, 0.1) is 5.92 Å². The molecule has 1 aliphatic carbocycles. The molecule has 1 aromatic carbocycles. The van der Waals surface area contributed by atoms with Crippen LogP contribution in [0.2, 0.25) is 0 Å². The van der Waals surface area contributed by atoms with Crippen LogP contribution in [0.15, 0.2) is 24.3 Å². The first kappa shape index (κ1) is 18.5. The molecule has 0 heterocycles. The molecular formula is C18H27N3O2S. The van der Waals surface area contributed by atoms with Crippen molar-refractivity contribution in [3.05, 3.63) is 29.8 Å². The fourth-order valence-corrected chi connectivity index (χ4v) is 3.08. The smallest absolute Gasteiger partial charge is 0.269 e. The highest BCUT2D eigenvalue weighted by atomic mass is 32.1. The normalized spacial score (nSPS) is 20.3. The average Bonchev–Trinajstić information content (AvgIpc) is 2.55. The highest BCUT2D eigenvalue weighted by Crippen LogP contribution is 2.23. The molecule has 1 aromatic rings. The van der Waals surface area contributed by atoms with E-state index in [1.54, 1.807) is 24.3 Å². The average molecular weight is 350 g/mol. The van der Waals surface area contributed by atoms with Crippen LogP contribution in [-0.2, 0) is 0 Å². The molecule has 5 nitrogen and oxygen atoms in total. The van der Waals surface area contributed by atoms with Crippen molar-refractivity contribution >= 4 is 23.2 Å². The number of amides is 1. The minimum absolute atomic E-state index is 0.108. The third-order valence-corrected chi connectivity index (χ3v) is 4.43. The minimum Gasteiger partial charge on any atom is -0.491 e. The van der Waals surface area contributed by atoms with Gasteiger partial charge < -0.3 is 10.1 Å². The summed E-state index contributed by atoms with van der Waals surface area (Å²) in [5, 5.41) is 3.75. The molecule has 2 rings (SSSR count). The highest BCUT2D eigenvalue weighted by molar-refractivity contribution is 7.80. The number of rotatable bonds is 4. The van der Waals surface area contributed by atoms with E-state index < -0.39 is 0 Å². The zero-order valence-electron chi connectivity index (χ0n) is 14.6. The summed E-state index contributed by atoms with van der Waals surface area (Å²) in [6.45, 7) is 6.16. The molecule has 6 heteroatoms. The van der Waals surface area contributed by atoms with Gasteiger partial charge in [0.25, 0.3) is 5.91 Å². The van der Waals surface area contributed by atoms with Gasteiger partial charge in [-0.2, -0.15) is 0 Å². The molecule has 0 aromatic heterocycles. The molecule has 0 spiro atoms. The van der Waals surface area contributed by atoms with Crippen molar-refractivity contribution in [2.24, 2.45) is 5.92 Å². The molecule has 0 saturated heterocycles. The van der Waals surface area contributed by atoms with Crippen molar-refractivity contribution in [2.75, 3.05) is 0 Å². The predicted octanol–water partition coefficient (Wildman–Crippen LogP) is 3.16. The number of nitrogens with one attached hydrogen (secondary N) is 3. The fourth-order valence-electron chi connectivity index (χ4n) is 2.88. The SMILES string of the molecule is CC(C)Oc1ccc(C(=O)NNC(=S)N[C@@H]2CCCC[C@@H]2C)cc1. The van der Waals surface area contributed by atoms with E-state index in [0.29, 0.717) is 22.6 Å². The van der Waals surface area contributed by atoms with Gasteiger partial charge in [-0.25, -0.2) is 0 Å². The maximum atomic E-state index is 12.1. The van der Waals surface area contributed by atoms with E-state index in [-0.39, 0.29) is 12.0 Å². The van der Waals surface area contributed by atoms with Crippen LogP contribution >= 0.6 is 12.2 Å². The second-order valence-corrected chi connectivity index (χ2v) is 7.02. The summed E-state index contributed by atoms with van der Waals surface area (Å²) < 4.78 is 5.56. The van der Waals surface area contributed by atoms with E-state index in [9.17, 15) is 4.79 Å². The van der Waals surface area contributed by atoms with Crippen LogP contribution in [0.25, 0.3) is 0 Å². The first-order valence-electron chi connectivity index (χ1n) is 8.59. The Morgan fingerprint density at radius 2 is 1.83 bits per heavy atom. The predicted molar refractivity (Wildman–Crippen MR) is 100.0 cm³/mol. The Morgan fingerprint density at radius 3 is 2.46 bits per heavy atom. The number of carbonyl (C=O) groups is 1. The lowest BCUT2D eigenvalue weighted by Gasteiger charge is -2.30. The lowest BCUT2D eigenvalue weighted by atomic mass is 9.86. The van der Waals surface area contributed by atoms with Gasteiger partial charge in [0, 0.05) is 11.6 Å². The summed E-state index contributed by atoms with van der Waals surface area (Å²) in [7, 11) is 0. The van der Waals surface area contributed by atoms with Gasteiger partial charge in [0.1, 0.15) is 5.75 Å². The zero-order valence-corrected chi connectivity index (χ0v) is 15.4. The molecule has 0 unspecified atom stereocenters. The molecule has 0 bridgehead atoms. The topological polar surface area (TPSA) is 62.4 Å². The molecule has 1 saturated carbocycles. The van der Waals surface area contributed by atoms with Gasteiger partial charge >= 0.3 is 0 Å². The van der Waals surface area contributed by atoms with E-state index in [2.05, 4.69) is 23.1 Å². The lowest BCUT2D eigenvalue weighted by Crippen LogP contribution is -2.51. The number of ether oxygens (including phenoxy) is 1. The Balaban J connectivity index is 1.78. The molecule has 2 atom stereocenters. The molecule has 1 fully saturated rings. The third-order valence-electron chi connectivity index (χ3n) is 4.21. The van der Waals surface area contributed by atoms with Gasteiger partial charge in [-0.15, -0.1) is 0 Å². The van der Waals surface area contributed by atoms with Gasteiger partial charge in [-0.1, -0.05) is 19.8 Å². The number of benzene rings is 1. The first-order chi connectivity index (χ1) is 11.5. The van der Waals surface area contributed by atoms with Crippen molar-refractivity contribution < 1.29 is 9.53 Å². The minimum atomic E-state index is -0.230. The first-order valence-corrected chi connectivity index (χ1v) is 9.00. The van der Waals surface area contributed by atoms with Crippen molar-refractivity contribution in [1.29, 1.82) is 0 Å². The Morgan fingerprint density at radius 1 is 1.17 bits per heavy atom. The number of thiocarbonyl (C=S) groups is 1. The van der Waals surface area contributed by atoms with Crippen LogP contribution in [0.1, 0.15) is 56.8 Å². The van der Waals surface area contributed by atoms with Crippen molar-refractivity contribution in [2.45, 2.75) is 58.6 Å². The molecule has 0 aliphatic heterocycles. The Kier molecular flexibility index (Phi) is 6.85. The Labute approximate surface area is 149 Å². The molecule has 1 aliphatic rings. The van der Waals surface area contributed by atoms with E-state index >= 15 is 0 Å². The summed E-state index contributed by atoms with van der Waals surface area (Å²) >= 11 is 5.27. The third kappa shape index (κ3) is 5.67. The quantitative estimate of drug-likeness (QED) is 0.576. The zero-order chi connectivity index (χ0) is 17.5. The highest BCUT2D eigenvalue weighted by Gasteiger charge is 2.21. The van der Waals surface area contributed by atoms with Gasteiger partial charge in [-0.3, -0.25) is 15.6 Å². The van der Waals surface area contributed by atoms with Crippen LogP contribution in [0.5, 0.6) is 5.75 Å². The van der Waals surface area contributed by atoms with Crippen LogP contribution in [-0.4, -0.2) is 23.2 Å². The van der Waals surface area contributed by atoms with Gasteiger partial charge in [0.2, 0.25) is 0 Å². The maximum Gasteiger partial charge on any atom is 0.269 e. The monoisotopic (exact) mass is 349 g/mol. The lowest BCUT2D eigenvalue weighted by molar-refractivity contribution is 0.0943. The van der Waals surface area contributed by atoms with Crippen LogP contribution in [0.3, 0.4) is 0 Å². The molecule has 132 valence electrons. The molecule has 0 radical (unpaired) electrons. The van der Waals surface area contributed by atoms with Crippen molar-refractivity contribution in [3.8, 4) is 5.75 Å². The number of hydrogen-bond donors (Lipinski definition) is 3. The summed E-state index contributed by atoms with van der Waals surface area (Å²) in [6.07, 6.45) is 4.96. The number of carbonyl (C=O) groups excluding carboxylic acids is 1. The van der Waals surface area contributed by atoms with Gasteiger partial charge in [0.05, 0.1) is 6.10 Å². The largest absolute Gasteiger partial charge is 0.491 e. The van der Waals surface area contributed by atoms with E-state index in [1.165, 1.54) is 19.3 Å². The van der Waals surface area contributed by atoms with Gasteiger partial charge in [-0.05, 0) is 69.1 Å². The van der Waals surface area contributed by atoms with Crippen LogP contribution in [0.4, 0.5) is 0 Å². The standard InChI is InChI=1S/C18H27N3O2S/c1-12(2)23-15-10-8-14(9-11-15)17(22)20-21-18(24)19-16-7-5-4-6-13(16)3/h8-13,16H,4-7H2,1-3H3,(H,20,22)(H2,19,21,24)/t13-,16+/m0/s1. The van der Waals surface area contributed by atoms with E-state index in [4.69, 9.17) is 17.0 Å². The number of hydrazine groups is 1. The molecule has 24 heavy (non-hydrogen) atoms. The molecule has 3 N–H and O–H groups in total. The fraction of sp³-hybridized carbons (Fsp3) is 0.556. The van der Waals surface area contributed by atoms with Crippen molar-refractivity contribution in [1.82, 2.24) is 16.2 Å². The molecule has 1 amide bonds. The summed E-state index contributed by atoms with van der Waals surface area (Å²) in [6, 6.07) is 7.41. The van der Waals surface area contributed by atoms with Crippen LogP contribution < -0.4 is 20.9 Å². The van der Waals surface area contributed by atoms with E-state index in [1.807, 2.05) is 13.8 Å². The maximum absolute atomic E-state index is 12.1. The van der Waals surface area contributed by atoms with Crippen molar-refractivity contribution in [3.63, 3.8) is 0 Å². The Hall–Kier alpha value is -1.82. The summed E-state index contributed by atoms with van der Waals surface area (Å²) in [5.74, 6) is 1.12.